The third-order valence-electron chi connectivity index (χ3n) is 2.10. The first-order chi connectivity index (χ1) is 7.65. The average molecular weight is 247 g/mol. The minimum Gasteiger partial charge on any atom is -0.384 e. The molecule has 5 heteroatoms. The summed E-state index contributed by atoms with van der Waals surface area (Å²) in [6, 6.07) is 3.48. The van der Waals surface area contributed by atoms with Gasteiger partial charge in [-0.25, -0.2) is 8.78 Å². The van der Waals surface area contributed by atoms with Crippen molar-refractivity contribution < 1.29 is 13.5 Å². The molecule has 2 N–H and O–H groups in total. The molecule has 0 fully saturated rings. The molecule has 1 aromatic carbocycles. The predicted molar refractivity (Wildman–Crippen MR) is 62.5 cm³/mol. The molecule has 0 aliphatic heterocycles. The number of methoxy groups -OCH3 is 1. The number of rotatable bonds is 6. The van der Waals surface area contributed by atoms with Gasteiger partial charge in [0.1, 0.15) is 0 Å². The van der Waals surface area contributed by atoms with Gasteiger partial charge in [0.15, 0.2) is 11.6 Å². The van der Waals surface area contributed by atoms with E-state index >= 15 is 0 Å². The fraction of sp³-hybridized carbons (Fsp3) is 0.455. The summed E-state index contributed by atoms with van der Waals surface area (Å²) in [6.07, 6.45) is 0. The third kappa shape index (κ3) is 4.08. The SMILES string of the molecule is COCCSCC(N)c1ccc(F)c(F)c1. The molecule has 0 heterocycles. The zero-order valence-electron chi connectivity index (χ0n) is 9.08. The van der Waals surface area contributed by atoms with Gasteiger partial charge in [-0.05, 0) is 17.7 Å². The van der Waals surface area contributed by atoms with E-state index in [1.54, 1.807) is 18.9 Å². The lowest BCUT2D eigenvalue weighted by atomic mass is 10.1. The van der Waals surface area contributed by atoms with Crippen molar-refractivity contribution >= 4 is 11.8 Å². The van der Waals surface area contributed by atoms with Crippen LogP contribution in [0.15, 0.2) is 18.2 Å². The molecule has 2 nitrogen and oxygen atoms in total. The summed E-state index contributed by atoms with van der Waals surface area (Å²) >= 11 is 1.62. The second-order valence-electron chi connectivity index (χ2n) is 3.35. The van der Waals surface area contributed by atoms with Gasteiger partial charge in [0.2, 0.25) is 0 Å². The van der Waals surface area contributed by atoms with Crippen LogP contribution in [0.2, 0.25) is 0 Å². The summed E-state index contributed by atoms with van der Waals surface area (Å²) in [5.41, 5.74) is 6.46. The maximum atomic E-state index is 12.9. The Labute approximate surface area is 98.2 Å². The van der Waals surface area contributed by atoms with E-state index in [-0.39, 0.29) is 6.04 Å². The van der Waals surface area contributed by atoms with Crippen LogP contribution in [-0.2, 0) is 4.74 Å². The van der Waals surface area contributed by atoms with Crippen molar-refractivity contribution in [3.8, 4) is 0 Å². The standard InChI is InChI=1S/C11H15F2NOS/c1-15-4-5-16-7-11(14)8-2-3-9(12)10(13)6-8/h2-3,6,11H,4-5,7,14H2,1H3. The molecule has 1 unspecified atom stereocenters. The van der Waals surface area contributed by atoms with Crippen molar-refractivity contribution in [1.29, 1.82) is 0 Å². The lowest BCUT2D eigenvalue weighted by Gasteiger charge is -2.11. The largest absolute Gasteiger partial charge is 0.384 e. The number of thioether (sulfide) groups is 1. The van der Waals surface area contributed by atoms with Crippen molar-refractivity contribution in [2.45, 2.75) is 6.04 Å². The van der Waals surface area contributed by atoms with Crippen LogP contribution >= 0.6 is 11.8 Å². The van der Waals surface area contributed by atoms with Crippen LogP contribution in [-0.4, -0.2) is 25.2 Å². The molecule has 90 valence electrons. The van der Waals surface area contributed by atoms with E-state index in [9.17, 15) is 8.78 Å². The van der Waals surface area contributed by atoms with Gasteiger partial charge < -0.3 is 10.5 Å². The Kier molecular flexibility index (Phi) is 5.73. The molecule has 1 atom stereocenters. The highest BCUT2D eigenvalue weighted by atomic mass is 32.2. The maximum absolute atomic E-state index is 12.9. The van der Waals surface area contributed by atoms with Gasteiger partial charge >= 0.3 is 0 Å². The Morgan fingerprint density at radius 3 is 2.75 bits per heavy atom. The number of halogens is 2. The normalized spacial score (nSPS) is 12.8. The fourth-order valence-corrected chi connectivity index (χ4v) is 2.09. The number of ether oxygens (including phenoxy) is 1. The lowest BCUT2D eigenvalue weighted by molar-refractivity contribution is 0.218. The smallest absolute Gasteiger partial charge is 0.159 e. The highest BCUT2D eigenvalue weighted by molar-refractivity contribution is 7.99. The van der Waals surface area contributed by atoms with E-state index in [1.165, 1.54) is 6.07 Å². The summed E-state index contributed by atoms with van der Waals surface area (Å²) in [7, 11) is 1.63. The zero-order chi connectivity index (χ0) is 12.0. The van der Waals surface area contributed by atoms with Gasteiger partial charge in [-0.1, -0.05) is 6.07 Å². The summed E-state index contributed by atoms with van der Waals surface area (Å²) in [6.45, 7) is 0.662. The Bertz CT molecular complexity index is 336. The van der Waals surface area contributed by atoms with E-state index in [0.29, 0.717) is 17.9 Å². The summed E-state index contributed by atoms with van der Waals surface area (Å²) in [5.74, 6) is -0.194. The summed E-state index contributed by atoms with van der Waals surface area (Å²) < 4.78 is 30.5. The highest BCUT2D eigenvalue weighted by Gasteiger charge is 2.09. The zero-order valence-corrected chi connectivity index (χ0v) is 9.90. The molecule has 0 bridgehead atoms. The Balaban J connectivity index is 2.46. The van der Waals surface area contributed by atoms with Crippen molar-refractivity contribution in [2.75, 3.05) is 25.2 Å². The van der Waals surface area contributed by atoms with Crippen molar-refractivity contribution in [2.24, 2.45) is 5.73 Å². The van der Waals surface area contributed by atoms with Gasteiger partial charge in [0, 0.05) is 24.7 Å². The van der Waals surface area contributed by atoms with Gasteiger partial charge in [-0.2, -0.15) is 11.8 Å². The Morgan fingerprint density at radius 2 is 2.12 bits per heavy atom. The maximum Gasteiger partial charge on any atom is 0.159 e. The van der Waals surface area contributed by atoms with E-state index in [1.807, 2.05) is 0 Å². The van der Waals surface area contributed by atoms with Crippen LogP contribution in [0.25, 0.3) is 0 Å². The first-order valence-electron chi connectivity index (χ1n) is 4.92. The predicted octanol–water partition coefficient (Wildman–Crippen LogP) is 2.34. The molecule has 0 saturated heterocycles. The monoisotopic (exact) mass is 247 g/mol. The van der Waals surface area contributed by atoms with Crippen LogP contribution in [0, 0.1) is 11.6 Å². The van der Waals surface area contributed by atoms with Gasteiger partial charge in [-0.3, -0.25) is 0 Å². The second kappa shape index (κ2) is 6.83. The van der Waals surface area contributed by atoms with Crippen molar-refractivity contribution in [3.05, 3.63) is 35.4 Å². The van der Waals surface area contributed by atoms with Crippen molar-refractivity contribution in [3.63, 3.8) is 0 Å². The van der Waals surface area contributed by atoms with Gasteiger partial charge in [0.05, 0.1) is 6.61 Å². The van der Waals surface area contributed by atoms with Gasteiger partial charge in [-0.15, -0.1) is 0 Å². The first-order valence-corrected chi connectivity index (χ1v) is 6.08. The van der Waals surface area contributed by atoms with E-state index in [2.05, 4.69) is 0 Å². The van der Waals surface area contributed by atoms with E-state index < -0.39 is 11.6 Å². The number of nitrogens with two attached hydrogens (primary N) is 1. The van der Waals surface area contributed by atoms with Crippen LogP contribution in [0.4, 0.5) is 8.78 Å². The average Bonchev–Trinajstić information content (AvgIpc) is 2.28. The first kappa shape index (κ1) is 13.4. The molecule has 0 saturated carbocycles. The number of benzene rings is 1. The lowest BCUT2D eigenvalue weighted by Crippen LogP contribution is -2.14. The van der Waals surface area contributed by atoms with Gasteiger partial charge in [0.25, 0.3) is 0 Å². The quantitative estimate of drug-likeness (QED) is 0.784. The molecule has 0 amide bonds. The Morgan fingerprint density at radius 1 is 1.38 bits per heavy atom. The van der Waals surface area contributed by atoms with Crippen molar-refractivity contribution in [1.82, 2.24) is 0 Å². The van der Waals surface area contributed by atoms with Crippen LogP contribution in [0.1, 0.15) is 11.6 Å². The van der Waals surface area contributed by atoms with Crippen LogP contribution < -0.4 is 5.73 Å². The molecule has 16 heavy (non-hydrogen) atoms. The minimum atomic E-state index is -0.852. The van der Waals surface area contributed by atoms with Crippen LogP contribution in [0.5, 0.6) is 0 Å². The highest BCUT2D eigenvalue weighted by Crippen LogP contribution is 2.18. The molecular formula is C11H15F2NOS. The second-order valence-corrected chi connectivity index (χ2v) is 4.50. The molecule has 0 aliphatic carbocycles. The van der Waals surface area contributed by atoms with E-state index in [4.69, 9.17) is 10.5 Å². The minimum absolute atomic E-state index is 0.281. The summed E-state index contributed by atoms with van der Waals surface area (Å²) in [5, 5.41) is 0. The Hall–Kier alpha value is -0.650. The third-order valence-corrected chi connectivity index (χ3v) is 3.15. The fourth-order valence-electron chi connectivity index (χ4n) is 1.19. The molecule has 1 rings (SSSR count). The molecule has 1 aromatic rings. The van der Waals surface area contributed by atoms with Crippen LogP contribution in [0.3, 0.4) is 0 Å². The molecule has 0 aliphatic rings. The molecule has 0 spiro atoms. The number of hydrogen-bond donors (Lipinski definition) is 1. The van der Waals surface area contributed by atoms with E-state index in [0.717, 1.165) is 17.9 Å². The molecular weight excluding hydrogens is 232 g/mol. The molecule has 0 aromatic heterocycles. The molecule has 0 radical (unpaired) electrons. The number of hydrogen-bond acceptors (Lipinski definition) is 3. The topological polar surface area (TPSA) is 35.2 Å². The summed E-state index contributed by atoms with van der Waals surface area (Å²) in [4.78, 5) is 0.